The lowest BCUT2D eigenvalue weighted by atomic mass is 10.2. The lowest BCUT2D eigenvalue weighted by molar-refractivity contribution is 0.0682. The third-order valence-electron chi connectivity index (χ3n) is 4.92. The van der Waals surface area contributed by atoms with E-state index in [1.807, 2.05) is 6.07 Å². The molecular weight excluding hydrogens is 357 g/mol. The van der Waals surface area contributed by atoms with E-state index in [2.05, 4.69) is 10.4 Å². The van der Waals surface area contributed by atoms with Gasteiger partial charge in [0.05, 0.1) is 38.1 Å². The van der Waals surface area contributed by atoms with Crippen LogP contribution in [0.2, 0.25) is 0 Å². The standard InChI is InChI=1S/C17H22FN5O4/c18-13-9-22(10-15(13)27-17(26)21-11-3-1-2-4-11)14-8-20-23(5-6-24)16(25)12(14)7-19/h8,11,13,15,24H,1-6,9-10H2,(H,21,26)/t13-,15-/m0/s1. The number of aliphatic hydroxyl groups is 1. The van der Waals surface area contributed by atoms with Gasteiger partial charge in [-0.15, -0.1) is 0 Å². The van der Waals surface area contributed by atoms with E-state index < -0.39 is 23.9 Å². The molecule has 1 saturated carbocycles. The zero-order valence-electron chi connectivity index (χ0n) is 14.8. The molecule has 146 valence electrons. The second-order valence-electron chi connectivity index (χ2n) is 6.76. The molecule has 1 saturated heterocycles. The smallest absolute Gasteiger partial charge is 0.407 e. The molecule has 0 unspecified atom stereocenters. The normalized spacial score (nSPS) is 22.6. The quantitative estimate of drug-likeness (QED) is 0.755. The Morgan fingerprint density at radius 3 is 2.85 bits per heavy atom. The molecule has 0 aromatic carbocycles. The number of nitrogens with one attached hydrogen (secondary N) is 1. The van der Waals surface area contributed by atoms with Gasteiger partial charge in [0.25, 0.3) is 5.56 Å². The van der Waals surface area contributed by atoms with Crippen LogP contribution in [0.25, 0.3) is 0 Å². The summed E-state index contributed by atoms with van der Waals surface area (Å²) in [4.78, 5) is 25.7. The maximum absolute atomic E-state index is 14.4. The molecule has 3 rings (SSSR count). The van der Waals surface area contributed by atoms with Crippen LogP contribution in [-0.4, -0.2) is 59.0 Å². The number of halogens is 1. The van der Waals surface area contributed by atoms with Crippen molar-refractivity contribution in [3.8, 4) is 6.07 Å². The summed E-state index contributed by atoms with van der Waals surface area (Å²) in [5.41, 5.74) is -0.633. The van der Waals surface area contributed by atoms with Crippen LogP contribution in [-0.2, 0) is 11.3 Å². The minimum absolute atomic E-state index is 0.0269. The summed E-state index contributed by atoms with van der Waals surface area (Å²) in [5.74, 6) is 0. The van der Waals surface area contributed by atoms with E-state index in [1.54, 1.807) is 0 Å². The van der Waals surface area contributed by atoms with Gasteiger partial charge in [0.2, 0.25) is 0 Å². The van der Waals surface area contributed by atoms with E-state index in [4.69, 9.17) is 9.84 Å². The highest BCUT2D eigenvalue weighted by Gasteiger charge is 2.37. The molecular formula is C17H22FN5O4. The fraction of sp³-hybridized carbons (Fsp3) is 0.647. The molecule has 2 atom stereocenters. The first kappa shape index (κ1) is 19.1. The van der Waals surface area contributed by atoms with Gasteiger partial charge in [0, 0.05) is 6.04 Å². The van der Waals surface area contributed by atoms with Crippen LogP contribution in [0, 0.1) is 11.3 Å². The molecule has 2 N–H and O–H groups in total. The Hall–Kier alpha value is -2.67. The zero-order chi connectivity index (χ0) is 19.4. The van der Waals surface area contributed by atoms with E-state index in [9.17, 15) is 19.2 Å². The van der Waals surface area contributed by atoms with E-state index >= 15 is 0 Å². The Kier molecular flexibility index (Phi) is 5.91. The number of carbonyl (C=O) groups excluding carboxylic acids is 1. The fourth-order valence-corrected chi connectivity index (χ4v) is 3.53. The minimum atomic E-state index is -1.44. The summed E-state index contributed by atoms with van der Waals surface area (Å²) in [7, 11) is 0. The van der Waals surface area contributed by atoms with Crippen molar-refractivity contribution in [3.05, 3.63) is 22.1 Å². The Balaban J connectivity index is 1.69. The topological polar surface area (TPSA) is 120 Å². The third-order valence-corrected chi connectivity index (χ3v) is 4.92. The van der Waals surface area contributed by atoms with Gasteiger partial charge < -0.3 is 20.1 Å². The van der Waals surface area contributed by atoms with Crippen molar-refractivity contribution in [2.24, 2.45) is 0 Å². The third kappa shape index (κ3) is 4.19. The number of alkyl halides is 1. The Bertz CT molecular complexity index is 787. The van der Waals surface area contributed by atoms with Crippen LogP contribution >= 0.6 is 0 Å². The molecule has 1 aromatic rings. The van der Waals surface area contributed by atoms with Crippen LogP contribution in [0.5, 0.6) is 0 Å². The summed E-state index contributed by atoms with van der Waals surface area (Å²) in [6, 6.07) is 1.89. The molecule has 27 heavy (non-hydrogen) atoms. The lowest BCUT2D eigenvalue weighted by Gasteiger charge is -2.20. The van der Waals surface area contributed by atoms with Gasteiger partial charge in [-0.05, 0) is 12.8 Å². The highest BCUT2D eigenvalue weighted by molar-refractivity contribution is 5.68. The first-order valence-electron chi connectivity index (χ1n) is 9.00. The number of amides is 1. The number of anilines is 1. The van der Waals surface area contributed by atoms with Gasteiger partial charge in [-0.3, -0.25) is 4.79 Å². The average molecular weight is 379 g/mol. The summed E-state index contributed by atoms with van der Waals surface area (Å²) < 4.78 is 20.6. The molecule has 0 radical (unpaired) electrons. The highest BCUT2D eigenvalue weighted by atomic mass is 19.1. The number of aromatic nitrogens is 2. The highest BCUT2D eigenvalue weighted by Crippen LogP contribution is 2.25. The number of alkyl carbamates (subject to hydrolysis) is 1. The number of rotatable bonds is 5. The van der Waals surface area contributed by atoms with Crippen LogP contribution < -0.4 is 15.8 Å². The molecule has 0 bridgehead atoms. The number of nitrogens with zero attached hydrogens (tertiary/aromatic N) is 4. The van der Waals surface area contributed by atoms with E-state index in [-0.39, 0.29) is 43.5 Å². The molecule has 9 nitrogen and oxygen atoms in total. The van der Waals surface area contributed by atoms with Gasteiger partial charge in [0.15, 0.2) is 12.3 Å². The van der Waals surface area contributed by atoms with Crippen LogP contribution in [0.1, 0.15) is 31.2 Å². The molecule has 2 heterocycles. The van der Waals surface area contributed by atoms with Gasteiger partial charge >= 0.3 is 6.09 Å². The van der Waals surface area contributed by atoms with Gasteiger partial charge in [0.1, 0.15) is 11.6 Å². The molecule has 2 aliphatic rings. The molecule has 0 spiro atoms. The second-order valence-corrected chi connectivity index (χ2v) is 6.76. The first-order valence-corrected chi connectivity index (χ1v) is 9.00. The SMILES string of the molecule is N#Cc1c(N2C[C@H](OC(=O)NC3CCCC3)[C@@H](F)C2)cnn(CCO)c1=O. The van der Waals surface area contributed by atoms with Crippen molar-refractivity contribution >= 4 is 11.8 Å². The molecule has 1 aromatic heterocycles. The monoisotopic (exact) mass is 379 g/mol. The van der Waals surface area contributed by atoms with Crippen molar-refractivity contribution in [2.45, 2.75) is 50.5 Å². The van der Waals surface area contributed by atoms with Crippen molar-refractivity contribution in [1.82, 2.24) is 15.1 Å². The van der Waals surface area contributed by atoms with E-state index in [0.29, 0.717) is 0 Å². The maximum atomic E-state index is 14.4. The fourth-order valence-electron chi connectivity index (χ4n) is 3.53. The van der Waals surface area contributed by atoms with Crippen molar-refractivity contribution < 1.29 is 19.0 Å². The molecule has 1 aliphatic carbocycles. The maximum Gasteiger partial charge on any atom is 0.407 e. The first-order chi connectivity index (χ1) is 13.0. The predicted octanol–water partition coefficient (Wildman–Crippen LogP) is 0.303. The summed E-state index contributed by atoms with van der Waals surface area (Å²) in [5, 5.41) is 24.9. The Morgan fingerprint density at radius 1 is 1.44 bits per heavy atom. The second kappa shape index (κ2) is 8.35. The van der Waals surface area contributed by atoms with E-state index in [1.165, 1.54) is 11.1 Å². The number of aliphatic hydroxyl groups excluding tert-OH is 1. The molecule has 10 heteroatoms. The van der Waals surface area contributed by atoms with Crippen LogP contribution in [0.15, 0.2) is 11.0 Å². The number of hydrogen-bond acceptors (Lipinski definition) is 7. The zero-order valence-corrected chi connectivity index (χ0v) is 14.8. The lowest BCUT2D eigenvalue weighted by Crippen LogP contribution is -2.38. The number of ether oxygens (including phenoxy) is 1. The van der Waals surface area contributed by atoms with Crippen molar-refractivity contribution in [1.29, 1.82) is 5.26 Å². The summed E-state index contributed by atoms with van der Waals surface area (Å²) in [6.45, 7) is -0.410. The van der Waals surface area contributed by atoms with Gasteiger partial charge in [-0.2, -0.15) is 10.4 Å². The van der Waals surface area contributed by atoms with Crippen LogP contribution in [0.4, 0.5) is 14.9 Å². The minimum Gasteiger partial charge on any atom is -0.441 e. The summed E-state index contributed by atoms with van der Waals surface area (Å²) in [6.07, 6.45) is 2.12. The number of hydrogen-bond donors (Lipinski definition) is 2. The largest absolute Gasteiger partial charge is 0.441 e. The average Bonchev–Trinajstić information content (AvgIpc) is 3.27. The number of nitriles is 1. The predicted molar refractivity (Wildman–Crippen MR) is 93.1 cm³/mol. The van der Waals surface area contributed by atoms with Crippen LogP contribution in [0.3, 0.4) is 0 Å². The summed E-state index contributed by atoms with van der Waals surface area (Å²) >= 11 is 0. The van der Waals surface area contributed by atoms with E-state index in [0.717, 1.165) is 30.4 Å². The number of carbonyl (C=O) groups is 1. The molecule has 2 fully saturated rings. The molecule has 1 aliphatic heterocycles. The van der Waals surface area contributed by atoms with Crippen molar-refractivity contribution in [3.63, 3.8) is 0 Å². The Labute approximate surface area is 155 Å². The van der Waals surface area contributed by atoms with Gasteiger partial charge in [-0.25, -0.2) is 13.9 Å². The molecule has 1 amide bonds. The van der Waals surface area contributed by atoms with Crippen molar-refractivity contribution in [2.75, 3.05) is 24.6 Å². The van der Waals surface area contributed by atoms with Gasteiger partial charge in [-0.1, -0.05) is 12.8 Å². The Morgan fingerprint density at radius 2 is 2.19 bits per heavy atom.